The number of carboxylic acid groups (broad SMARTS) is 1. The van der Waals surface area contributed by atoms with E-state index < -0.39 is 5.97 Å². The normalized spacial score (nSPS) is 13.7. The van der Waals surface area contributed by atoms with Crippen LogP contribution in [-0.4, -0.2) is 26.4 Å². The molecule has 1 atom stereocenters. The molecule has 3 aromatic carbocycles. The molecule has 1 aliphatic carbocycles. The molecule has 1 aliphatic rings. The lowest BCUT2D eigenvalue weighted by atomic mass is 9.87. The van der Waals surface area contributed by atoms with Crippen LogP contribution in [0.3, 0.4) is 0 Å². The van der Waals surface area contributed by atoms with Crippen molar-refractivity contribution in [2.75, 3.05) is 0 Å². The van der Waals surface area contributed by atoms with Gasteiger partial charge in [-0.05, 0) is 54.3 Å². The Morgan fingerprint density at radius 2 is 1.94 bits per heavy atom. The average Bonchev–Trinajstić information content (AvgIpc) is 3.41. The first-order valence-corrected chi connectivity index (χ1v) is 12.9. The maximum absolute atomic E-state index is 12.7. The van der Waals surface area contributed by atoms with Gasteiger partial charge in [0.05, 0.1) is 18.4 Å². The highest BCUT2D eigenvalue weighted by Crippen LogP contribution is 2.38. The third-order valence-corrected chi connectivity index (χ3v) is 7.38. The van der Waals surface area contributed by atoms with Crippen LogP contribution < -0.4 is 4.74 Å². The standard InChI is InChI=1S/C29H26N2O4S/c32-26-11-5-10-23-24(26)12-13-27(25(23)18-36-22-9-4-8-21(16-22)29(33)34)35-28(17-31-15-14-30-19-31)20-6-2-1-3-7-20/h1-4,6-9,12-16,19,28H,5,10-11,17-18H2,(H,33,34). The summed E-state index contributed by atoms with van der Waals surface area (Å²) in [6, 6.07) is 20.8. The summed E-state index contributed by atoms with van der Waals surface area (Å²) in [5.41, 5.74) is 4.12. The lowest BCUT2D eigenvalue weighted by Crippen LogP contribution is -2.18. The van der Waals surface area contributed by atoms with E-state index in [1.165, 1.54) is 0 Å². The van der Waals surface area contributed by atoms with Crippen molar-refractivity contribution in [2.45, 2.75) is 42.6 Å². The molecule has 6 nitrogen and oxygen atoms in total. The topological polar surface area (TPSA) is 81.4 Å². The number of benzene rings is 3. The lowest BCUT2D eigenvalue weighted by Gasteiger charge is -2.25. The Balaban J connectivity index is 1.49. The largest absolute Gasteiger partial charge is 0.484 e. The molecular formula is C29H26N2O4S. The summed E-state index contributed by atoms with van der Waals surface area (Å²) >= 11 is 1.55. The summed E-state index contributed by atoms with van der Waals surface area (Å²) in [5, 5.41) is 9.37. The number of thioether (sulfide) groups is 1. The van der Waals surface area contributed by atoms with Crippen molar-refractivity contribution in [1.82, 2.24) is 9.55 Å². The van der Waals surface area contributed by atoms with Crippen molar-refractivity contribution in [3.05, 3.63) is 113 Å². The number of hydrogen-bond donors (Lipinski definition) is 1. The molecule has 0 aliphatic heterocycles. The maximum Gasteiger partial charge on any atom is 0.335 e. The molecule has 0 saturated heterocycles. The van der Waals surface area contributed by atoms with Crippen molar-refractivity contribution >= 4 is 23.5 Å². The number of aromatic nitrogens is 2. The second-order valence-corrected chi connectivity index (χ2v) is 9.79. The minimum atomic E-state index is -0.950. The Labute approximate surface area is 214 Å². The fourth-order valence-electron chi connectivity index (χ4n) is 4.54. The van der Waals surface area contributed by atoms with Gasteiger partial charge in [-0.2, -0.15) is 0 Å². The molecule has 0 amide bonds. The highest BCUT2D eigenvalue weighted by molar-refractivity contribution is 7.98. The van der Waals surface area contributed by atoms with Gasteiger partial charge in [0.25, 0.3) is 0 Å². The van der Waals surface area contributed by atoms with Crippen molar-refractivity contribution in [1.29, 1.82) is 0 Å². The first-order chi connectivity index (χ1) is 17.6. The fraction of sp³-hybridized carbons (Fsp3) is 0.207. The first-order valence-electron chi connectivity index (χ1n) is 11.9. The second-order valence-electron chi connectivity index (χ2n) is 8.74. The van der Waals surface area contributed by atoms with E-state index in [1.54, 1.807) is 42.5 Å². The molecule has 0 radical (unpaired) electrons. The monoisotopic (exact) mass is 498 g/mol. The van der Waals surface area contributed by atoms with Gasteiger partial charge in [0.15, 0.2) is 5.78 Å². The van der Waals surface area contributed by atoms with Crippen molar-refractivity contribution in [2.24, 2.45) is 0 Å². The molecule has 0 spiro atoms. The Morgan fingerprint density at radius 3 is 2.72 bits per heavy atom. The summed E-state index contributed by atoms with van der Waals surface area (Å²) in [6.45, 7) is 0.591. The number of ketones is 1. The molecular weight excluding hydrogens is 472 g/mol. The number of carbonyl (C=O) groups excluding carboxylic acids is 1. The number of ether oxygens (including phenoxy) is 1. The fourth-order valence-corrected chi connectivity index (χ4v) is 5.55. The Hall–Kier alpha value is -3.84. The summed E-state index contributed by atoms with van der Waals surface area (Å²) in [4.78, 5) is 29.1. The predicted octanol–water partition coefficient (Wildman–Crippen LogP) is 6.21. The molecule has 182 valence electrons. The minimum absolute atomic E-state index is 0.167. The summed E-state index contributed by atoms with van der Waals surface area (Å²) in [6.07, 6.45) is 7.39. The molecule has 7 heteroatoms. The van der Waals surface area contributed by atoms with Crippen LogP contribution in [0.5, 0.6) is 5.75 Å². The first kappa shape index (κ1) is 23.9. The van der Waals surface area contributed by atoms with Gasteiger partial charge in [-0.3, -0.25) is 4.79 Å². The van der Waals surface area contributed by atoms with Gasteiger partial charge >= 0.3 is 5.97 Å². The van der Waals surface area contributed by atoms with E-state index in [0.717, 1.165) is 45.7 Å². The van der Waals surface area contributed by atoms with Crippen LogP contribution >= 0.6 is 11.8 Å². The number of nitrogens with zero attached hydrogens (tertiary/aromatic N) is 2. The van der Waals surface area contributed by atoms with Gasteiger partial charge in [0.1, 0.15) is 11.9 Å². The zero-order valence-electron chi connectivity index (χ0n) is 19.7. The van der Waals surface area contributed by atoms with Gasteiger partial charge in [0.2, 0.25) is 0 Å². The number of carbonyl (C=O) groups is 2. The number of rotatable bonds is 9. The molecule has 36 heavy (non-hydrogen) atoms. The molecule has 0 bridgehead atoms. The predicted molar refractivity (Wildman–Crippen MR) is 139 cm³/mol. The number of imidazole rings is 1. The van der Waals surface area contributed by atoms with Crippen LogP contribution in [0.4, 0.5) is 0 Å². The van der Waals surface area contributed by atoms with E-state index in [2.05, 4.69) is 17.1 Å². The Morgan fingerprint density at radius 1 is 1.08 bits per heavy atom. The third-order valence-electron chi connectivity index (χ3n) is 6.36. The molecule has 1 unspecified atom stereocenters. The van der Waals surface area contributed by atoms with Crippen molar-refractivity contribution < 1.29 is 19.4 Å². The van der Waals surface area contributed by atoms with E-state index in [-0.39, 0.29) is 17.5 Å². The Bertz CT molecular complexity index is 1370. The highest BCUT2D eigenvalue weighted by atomic mass is 32.2. The van der Waals surface area contributed by atoms with E-state index >= 15 is 0 Å². The van der Waals surface area contributed by atoms with Crippen molar-refractivity contribution in [3.63, 3.8) is 0 Å². The molecule has 1 heterocycles. The van der Waals surface area contributed by atoms with Crippen LogP contribution in [0.25, 0.3) is 0 Å². The van der Waals surface area contributed by atoms with Gasteiger partial charge in [-0.25, -0.2) is 9.78 Å². The smallest absolute Gasteiger partial charge is 0.335 e. The SMILES string of the molecule is O=C(O)c1cccc(SCc2c(OC(Cn3ccnc3)c3ccccc3)ccc3c2CCCC3=O)c1. The van der Waals surface area contributed by atoms with Gasteiger partial charge < -0.3 is 14.4 Å². The molecule has 0 saturated carbocycles. The van der Waals surface area contributed by atoms with Crippen LogP contribution in [0.1, 0.15) is 56.4 Å². The number of carboxylic acids is 1. The van der Waals surface area contributed by atoms with E-state index in [9.17, 15) is 14.7 Å². The summed E-state index contributed by atoms with van der Waals surface area (Å²) in [7, 11) is 0. The van der Waals surface area contributed by atoms with Crippen LogP contribution in [0.2, 0.25) is 0 Å². The quantitative estimate of drug-likeness (QED) is 0.276. The third kappa shape index (κ3) is 5.36. The van der Waals surface area contributed by atoms with Crippen LogP contribution in [0.15, 0.2) is 90.3 Å². The maximum atomic E-state index is 12.7. The summed E-state index contributed by atoms with van der Waals surface area (Å²) < 4.78 is 8.68. The highest BCUT2D eigenvalue weighted by Gasteiger charge is 2.24. The molecule has 5 rings (SSSR count). The van der Waals surface area contributed by atoms with Gasteiger partial charge in [-0.1, -0.05) is 36.4 Å². The number of aromatic carboxylic acids is 1. The van der Waals surface area contributed by atoms with E-state index in [1.807, 2.05) is 47.2 Å². The van der Waals surface area contributed by atoms with Gasteiger partial charge in [-0.15, -0.1) is 11.8 Å². The number of fused-ring (bicyclic) bond motifs is 1. The van der Waals surface area contributed by atoms with E-state index in [0.29, 0.717) is 18.7 Å². The van der Waals surface area contributed by atoms with Crippen LogP contribution in [0, 0.1) is 0 Å². The molecule has 4 aromatic rings. The number of hydrogen-bond acceptors (Lipinski definition) is 5. The van der Waals surface area contributed by atoms with Crippen molar-refractivity contribution in [3.8, 4) is 5.75 Å². The molecule has 1 aromatic heterocycles. The van der Waals surface area contributed by atoms with Crippen LogP contribution in [-0.2, 0) is 18.7 Å². The second kappa shape index (κ2) is 10.8. The van der Waals surface area contributed by atoms with Gasteiger partial charge in [0, 0.05) is 40.6 Å². The zero-order chi connectivity index (χ0) is 24.9. The average molecular weight is 499 g/mol. The van der Waals surface area contributed by atoms with E-state index in [4.69, 9.17) is 4.74 Å². The lowest BCUT2D eigenvalue weighted by molar-refractivity contribution is 0.0696. The zero-order valence-corrected chi connectivity index (χ0v) is 20.5. The molecule has 0 fully saturated rings. The Kier molecular flexibility index (Phi) is 7.18. The number of Topliss-reactive ketones (excluding diaryl/α,β-unsaturated/α-hetero) is 1. The summed E-state index contributed by atoms with van der Waals surface area (Å²) in [5.74, 6) is 0.537. The minimum Gasteiger partial charge on any atom is -0.484 e. The molecule has 1 N–H and O–H groups in total.